The molecule has 1 fully saturated rings. The Morgan fingerprint density at radius 1 is 1.64 bits per heavy atom. The van der Waals surface area contributed by atoms with Crippen molar-refractivity contribution in [3.63, 3.8) is 0 Å². The summed E-state index contributed by atoms with van der Waals surface area (Å²) in [5.74, 6) is -0.151. The molecule has 0 N–H and O–H groups in total. The van der Waals surface area contributed by atoms with Crippen molar-refractivity contribution < 1.29 is 9.53 Å². The lowest BCUT2D eigenvalue weighted by molar-refractivity contribution is -0.144. The summed E-state index contributed by atoms with van der Waals surface area (Å²) in [6.45, 7) is 3.37. The van der Waals surface area contributed by atoms with Gasteiger partial charge in [0.2, 0.25) is 0 Å². The van der Waals surface area contributed by atoms with E-state index in [2.05, 4.69) is 4.90 Å². The highest BCUT2D eigenvalue weighted by Crippen LogP contribution is 2.26. The SMILES string of the molecule is CCOC(=O)CN(CC=CCl)C1CC1. The molecule has 0 spiro atoms. The van der Waals surface area contributed by atoms with Gasteiger partial charge in [-0.25, -0.2) is 0 Å². The Morgan fingerprint density at radius 2 is 2.36 bits per heavy atom. The molecule has 4 heteroatoms. The first-order chi connectivity index (χ1) is 6.77. The number of halogens is 1. The lowest BCUT2D eigenvalue weighted by atomic mass is 10.4. The summed E-state index contributed by atoms with van der Waals surface area (Å²) in [5, 5.41) is 0. The summed E-state index contributed by atoms with van der Waals surface area (Å²) in [4.78, 5) is 13.3. The molecular weight excluding hydrogens is 202 g/mol. The third-order valence-corrected chi connectivity index (χ3v) is 2.31. The highest BCUT2D eigenvalue weighted by molar-refractivity contribution is 6.25. The van der Waals surface area contributed by atoms with Gasteiger partial charge in [0, 0.05) is 18.1 Å². The van der Waals surface area contributed by atoms with Crippen molar-refractivity contribution in [3.8, 4) is 0 Å². The van der Waals surface area contributed by atoms with Gasteiger partial charge in [-0.3, -0.25) is 9.69 Å². The predicted octanol–water partition coefficient (Wildman–Crippen LogP) is 1.77. The average molecular weight is 218 g/mol. The maximum atomic E-state index is 11.2. The number of hydrogen-bond acceptors (Lipinski definition) is 3. The highest BCUT2D eigenvalue weighted by atomic mass is 35.5. The standard InChI is InChI=1S/C10H16ClNO2/c1-2-14-10(13)8-12(7-3-6-11)9-4-5-9/h3,6,9H,2,4-5,7-8H2,1H3. The van der Waals surface area contributed by atoms with E-state index in [0.717, 1.165) is 6.54 Å². The molecule has 0 saturated heterocycles. The number of nitrogens with zero attached hydrogens (tertiary/aromatic N) is 1. The van der Waals surface area contributed by atoms with Crippen LogP contribution in [0.15, 0.2) is 11.6 Å². The monoisotopic (exact) mass is 217 g/mol. The van der Waals surface area contributed by atoms with E-state index in [0.29, 0.717) is 19.2 Å². The van der Waals surface area contributed by atoms with Crippen molar-refractivity contribution in [2.45, 2.75) is 25.8 Å². The molecule has 0 aromatic carbocycles. The van der Waals surface area contributed by atoms with E-state index in [1.807, 2.05) is 13.0 Å². The topological polar surface area (TPSA) is 29.5 Å². The summed E-state index contributed by atoms with van der Waals surface area (Å²) >= 11 is 5.45. The Kier molecular flexibility index (Phi) is 4.98. The molecule has 0 bridgehead atoms. The minimum Gasteiger partial charge on any atom is -0.465 e. The van der Waals surface area contributed by atoms with Crippen LogP contribution in [0.1, 0.15) is 19.8 Å². The van der Waals surface area contributed by atoms with Crippen LogP contribution in [0.3, 0.4) is 0 Å². The first-order valence-corrected chi connectivity index (χ1v) is 5.36. The van der Waals surface area contributed by atoms with E-state index < -0.39 is 0 Å². The van der Waals surface area contributed by atoms with Gasteiger partial charge in [-0.1, -0.05) is 17.7 Å². The Morgan fingerprint density at radius 3 is 2.86 bits per heavy atom. The second-order valence-electron chi connectivity index (χ2n) is 3.33. The zero-order chi connectivity index (χ0) is 10.4. The van der Waals surface area contributed by atoms with Crippen molar-refractivity contribution in [1.82, 2.24) is 4.90 Å². The van der Waals surface area contributed by atoms with Crippen LogP contribution in [0.25, 0.3) is 0 Å². The van der Waals surface area contributed by atoms with Gasteiger partial charge >= 0.3 is 5.97 Å². The molecule has 1 saturated carbocycles. The maximum absolute atomic E-state index is 11.2. The van der Waals surface area contributed by atoms with Crippen LogP contribution in [0, 0.1) is 0 Å². The van der Waals surface area contributed by atoms with Crippen LogP contribution < -0.4 is 0 Å². The van der Waals surface area contributed by atoms with Gasteiger partial charge in [-0.05, 0) is 19.8 Å². The molecule has 1 rings (SSSR count). The predicted molar refractivity (Wildman–Crippen MR) is 56.2 cm³/mol. The average Bonchev–Trinajstić information content (AvgIpc) is 2.95. The van der Waals surface area contributed by atoms with Crippen LogP contribution in [-0.4, -0.2) is 36.6 Å². The summed E-state index contributed by atoms with van der Waals surface area (Å²) in [5.41, 5.74) is 1.49. The third kappa shape index (κ3) is 4.11. The third-order valence-electron chi connectivity index (χ3n) is 2.13. The highest BCUT2D eigenvalue weighted by Gasteiger charge is 2.29. The van der Waals surface area contributed by atoms with Crippen LogP contribution >= 0.6 is 11.6 Å². The number of rotatable bonds is 6. The maximum Gasteiger partial charge on any atom is 0.320 e. The number of hydrogen-bond donors (Lipinski definition) is 0. The van der Waals surface area contributed by atoms with E-state index >= 15 is 0 Å². The molecule has 1 aliphatic rings. The van der Waals surface area contributed by atoms with E-state index in [1.54, 1.807) is 0 Å². The molecule has 0 aromatic heterocycles. The van der Waals surface area contributed by atoms with Gasteiger partial charge in [-0.15, -0.1) is 0 Å². The van der Waals surface area contributed by atoms with Crippen molar-refractivity contribution >= 4 is 17.6 Å². The zero-order valence-corrected chi connectivity index (χ0v) is 9.17. The lowest BCUT2D eigenvalue weighted by Crippen LogP contribution is -2.33. The Labute approximate surface area is 89.7 Å². The molecule has 0 amide bonds. The summed E-state index contributed by atoms with van der Waals surface area (Å²) in [6, 6.07) is 0.548. The van der Waals surface area contributed by atoms with E-state index in [4.69, 9.17) is 16.3 Å². The number of carbonyl (C=O) groups is 1. The number of esters is 1. The van der Waals surface area contributed by atoms with E-state index in [1.165, 1.54) is 18.4 Å². The first-order valence-electron chi connectivity index (χ1n) is 4.92. The van der Waals surface area contributed by atoms with Gasteiger partial charge < -0.3 is 4.74 Å². The van der Waals surface area contributed by atoms with Crippen LogP contribution in [0.4, 0.5) is 0 Å². The van der Waals surface area contributed by atoms with E-state index in [9.17, 15) is 4.79 Å². The van der Waals surface area contributed by atoms with Gasteiger partial charge in [0.05, 0.1) is 13.2 Å². The molecule has 3 nitrogen and oxygen atoms in total. The Bertz CT molecular complexity index is 214. The van der Waals surface area contributed by atoms with Crippen LogP contribution in [0.2, 0.25) is 0 Å². The molecule has 0 aromatic rings. The molecule has 14 heavy (non-hydrogen) atoms. The fourth-order valence-electron chi connectivity index (χ4n) is 1.33. The number of ether oxygens (including phenoxy) is 1. The fourth-order valence-corrected chi connectivity index (χ4v) is 1.41. The molecule has 0 unspecified atom stereocenters. The zero-order valence-electron chi connectivity index (χ0n) is 8.41. The molecule has 0 aliphatic heterocycles. The summed E-state index contributed by atoms with van der Waals surface area (Å²) in [6.07, 6.45) is 4.20. The molecule has 0 atom stereocenters. The normalized spacial score (nSPS) is 16.5. The van der Waals surface area contributed by atoms with Crippen LogP contribution in [-0.2, 0) is 9.53 Å². The quantitative estimate of drug-likeness (QED) is 0.635. The fraction of sp³-hybridized carbons (Fsp3) is 0.700. The first kappa shape index (κ1) is 11.5. The van der Waals surface area contributed by atoms with Crippen LogP contribution in [0.5, 0.6) is 0 Å². The van der Waals surface area contributed by atoms with Gasteiger partial charge in [-0.2, -0.15) is 0 Å². The molecular formula is C10H16ClNO2. The minimum absolute atomic E-state index is 0.151. The van der Waals surface area contributed by atoms with Crippen molar-refractivity contribution in [3.05, 3.63) is 11.6 Å². The van der Waals surface area contributed by atoms with E-state index in [-0.39, 0.29) is 5.97 Å². The Hall–Kier alpha value is -0.540. The van der Waals surface area contributed by atoms with Crippen molar-refractivity contribution in [1.29, 1.82) is 0 Å². The molecule has 0 heterocycles. The molecule has 1 aliphatic carbocycles. The van der Waals surface area contributed by atoms with Gasteiger partial charge in [0.15, 0.2) is 0 Å². The lowest BCUT2D eigenvalue weighted by Gasteiger charge is -2.18. The molecule has 80 valence electrons. The summed E-state index contributed by atoms with van der Waals surface area (Å²) < 4.78 is 4.89. The number of carbonyl (C=O) groups excluding carboxylic acids is 1. The van der Waals surface area contributed by atoms with Gasteiger partial charge in [0.1, 0.15) is 0 Å². The van der Waals surface area contributed by atoms with Crippen molar-refractivity contribution in [2.75, 3.05) is 19.7 Å². The van der Waals surface area contributed by atoms with Crippen molar-refractivity contribution in [2.24, 2.45) is 0 Å². The second kappa shape index (κ2) is 6.04. The molecule has 0 radical (unpaired) electrons. The smallest absolute Gasteiger partial charge is 0.320 e. The summed E-state index contributed by atoms with van der Waals surface area (Å²) in [7, 11) is 0. The second-order valence-corrected chi connectivity index (χ2v) is 3.58. The van der Waals surface area contributed by atoms with Gasteiger partial charge in [0.25, 0.3) is 0 Å². The Balaban J connectivity index is 2.30. The minimum atomic E-state index is -0.151. The largest absolute Gasteiger partial charge is 0.465 e.